The maximum atomic E-state index is 13.0. The molecule has 0 spiro atoms. The van der Waals surface area contributed by atoms with Crippen LogP contribution in [0.25, 0.3) is 0 Å². The van der Waals surface area contributed by atoms with Gasteiger partial charge in [-0.3, -0.25) is 0 Å². The van der Waals surface area contributed by atoms with Crippen LogP contribution in [-0.2, 0) is 27.3 Å². The summed E-state index contributed by atoms with van der Waals surface area (Å²) in [4.78, 5) is 12.1. The molecule has 0 saturated carbocycles. The number of hydrogen-bond donors (Lipinski definition) is 0. The van der Waals surface area contributed by atoms with Crippen molar-refractivity contribution in [2.24, 2.45) is 0 Å². The van der Waals surface area contributed by atoms with Crippen LogP contribution in [0.5, 0.6) is 0 Å². The second-order valence-electron chi connectivity index (χ2n) is 7.11. The van der Waals surface area contributed by atoms with Gasteiger partial charge in [-0.25, -0.2) is 4.79 Å². The molecule has 1 aliphatic heterocycles. The Hall–Kier alpha value is -1.01. The van der Waals surface area contributed by atoms with Crippen molar-refractivity contribution in [3.05, 3.63) is 46.5 Å². The minimum Gasteiger partial charge on any atom is -0.597 e. The lowest BCUT2D eigenvalue weighted by atomic mass is 9.98. The largest absolute Gasteiger partial charge is 0.597 e. The Bertz CT molecular complexity index is 625. The van der Waals surface area contributed by atoms with Crippen LogP contribution in [0.4, 0.5) is 0 Å². The topological polar surface area (TPSA) is 52.6 Å². The zero-order chi connectivity index (χ0) is 18.6. The van der Waals surface area contributed by atoms with Crippen LogP contribution in [0.15, 0.2) is 35.9 Å². The summed E-state index contributed by atoms with van der Waals surface area (Å²) in [5.41, 5.74) is 1.73. The molecule has 4 nitrogen and oxygen atoms in total. The van der Waals surface area contributed by atoms with Crippen molar-refractivity contribution in [2.45, 2.75) is 51.3 Å². The molecule has 6 heteroatoms. The summed E-state index contributed by atoms with van der Waals surface area (Å²) in [7, 11) is 0. The SMILES string of the molecule is CCOC(=O)C1=CC[C@H](Cc2ccc(Cl)cc2)N([S@@+]([O-])C(C)(C)C)C1. The van der Waals surface area contributed by atoms with Gasteiger partial charge in [-0.05, 0) is 58.2 Å². The fraction of sp³-hybridized carbons (Fsp3) is 0.526. The van der Waals surface area contributed by atoms with Crippen molar-refractivity contribution in [3.63, 3.8) is 0 Å². The van der Waals surface area contributed by atoms with Crippen molar-refractivity contribution in [1.29, 1.82) is 0 Å². The number of carbonyl (C=O) groups excluding carboxylic acids is 1. The Kier molecular flexibility index (Phi) is 6.97. The molecular formula is C19H26ClNO3S. The zero-order valence-corrected chi connectivity index (χ0v) is 16.8. The van der Waals surface area contributed by atoms with Gasteiger partial charge in [-0.2, -0.15) is 0 Å². The molecule has 138 valence electrons. The Morgan fingerprint density at radius 2 is 2.00 bits per heavy atom. The van der Waals surface area contributed by atoms with E-state index < -0.39 is 16.1 Å². The summed E-state index contributed by atoms with van der Waals surface area (Å²) in [5, 5.41) is 0.701. The average Bonchev–Trinajstić information content (AvgIpc) is 2.56. The lowest BCUT2D eigenvalue weighted by molar-refractivity contribution is -0.138. The first-order chi connectivity index (χ1) is 11.7. The molecule has 0 fully saturated rings. The van der Waals surface area contributed by atoms with Gasteiger partial charge in [-0.1, -0.05) is 29.8 Å². The Morgan fingerprint density at radius 1 is 1.36 bits per heavy atom. The smallest absolute Gasteiger partial charge is 0.335 e. The lowest BCUT2D eigenvalue weighted by Gasteiger charge is -2.39. The van der Waals surface area contributed by atoms with Crippen LogP contribution in [-0.4, -0.2) is 38.8 Å². The van der Waals surface area contributed by atoms with E-state index in [4.69, 9.17) is 16.3 Å². The standard InChI is InChI=1S/C19H26ClNO3S/c1-5-24-18(22)15-8-11-17(12-14-6-9-16(20)10-7-14)21(13-15)25(23)19(2,3)4/h6-10,17H,5,11-13H2,1-4H3/t17-,25+/m1/s1. The molecule has 25 heavy (non-hydrogen) atoms. The highest BCUT2D eigenvalue weighted by molar-refractivity contribution is 7.90. The quantitative estimate of drug-likeness (QED) is 0.571. The lowest BCUT2D eigenvalue weighted by Crippen LogP contribution is -2.51. The molecule has 2 rings (SSSR count). The highest BCUT2D eigenvalue weighted by atomic mass is 35.5. The van der Waals surface area contributed by atoms with E-state index in [1.165, 1.54) is 0 Å². The van der Waals surface area contributed by atoms with Crippen LogP contribution < -0.4 is 0 Å². The van der Waals surface area contributed by atoms with Gasteiger partial charge in [0.05, 0.1) is 24.8 Å². The molecule has 0 N–H and O–H groups in total. The van der Waals surface area contributed by atoms with Crippen LogP contribution in [0.3, 0.4) is 0 Å². The molecule has 0 unspecified atom stereocenters. The number of carbonyl (C=O) groups is 1. The number of nitrogens with zero attached hydrogens (tertiary/aromatic N) is 1. The van der Waals surface area contributed by atoms with Gasteiger partial charge in [0.2, 0.25) is 0 Å². The second-order valence-corrected chi connectivity index (χ2v) is 9.74. The number of esters is 1. The first kappa shape index (κ1) is 20.3. The average molecular weight is 384 g/mol. The molecule has 0 aromatic heterocycles. The molecule has 0 saturated heterocycles. The molecule has 0 bridgehead atoms. The van der Waals surface area contributed by atoms with Crippen molar-refractivity contribution >= 4 is 28.9 Å². The van der Waals surface area contributed by atoms with Gasteiger partial charge in [0.25, 0.3) is 0 Å². The monoisotopic (exact) mass is 383 g/mol. The third-order valence-corrected chi connectivity index (χ3v) is 6.18. The third kappa shape index (κ3) is 5.48. The van der Waals surface area contributed by atoms with E-state index in [-0.39, 0.29) is 12.0 Å². The summed E-state index contributed by atoms with van der Waals surface area (Å²) in [6.07, 6.45) is 3.35. The molecule has 0 aliphatic carbocycles. The molecule has 1 aromatic carbocycles. The predicted molar refractivity (Wildman–Crippen MR) is 103 cm³/mol. The van der Waals surface area contributed by atoms with Gasteiger partial charge in [0.1, 0.15) is 4.75 Å². The van der Waals surface area contributed by atoms with Crippen molar-refractivity contribution in [1.82, 2.24) is 4.31 Å². The van der Waals surface area contributed by atoms with Crippen molar-refractivity contribution in [2.75, 3.05) is 13.2 Å². The van der Waals surface area contributed by atoms with Crippen LogP contribution in [0, 0.1) is 0 Å². The van der Waals surface area contributed by atoms with Crippen LogP contribution >= 0.6 is 11.6 Å². The Labute approximate surface area is 158 Å². The van der Waals surface area contributed by atoms with Crippen molar-refractivity contribution < 1.29 is 14.1 Å². The molecular weight excluding hydrogens is 358 g/mol. The van der Waals surface area contributed by atoms with Gasteiger partial charge < -0.3 is 9.29 Å². The molecule has 0 amide bonds. The summed E-state index contributed by atoms with van der Waals surface area (Å²) in [5.74, 6) is -0.316. The molecule has 1 aromatic rings. The maximum absolute atomic E-state index is 13.0. The summed E-state index contributed by atoms with van der Waals surface area (Å²) < 4.78 is 19.7. The predicted octanol–water partition coefficient (Wildman–Crippen LogP) is 3.91. The fourth-order valence-corrected chi connectivity index (χ4v) is 4.27. The van der Waals surface area contributed by atoms with Gasteiger partial charge in [0, 0.05) is 16.4 Å². The number of halogens is 1. The highest BCUT2D eigenvalue weighted by Gasteiger charge is 2.40. The summed E-state index contributed by atoms with van der Waals surface area (Å²) in [6, 6.07) is 7.78. The first-order valence-electron chi connectivity index (χ1n) is 8.51. The molecule has 0 radical (unpaired) electrons. The van der Waals surface area contributed by atoms with Crippen molar-refractivity contribution in [3.8, 4) is 0 Å². The number of ether oxygens (including phenoxy) is 1. The van der Waals surface area contributed by atoms with E-state index in [2.05, 4.69) is 0 Å². The van der Waals surface area contributed by atoms with Gasteiger partial charge in [0.15, 0.2) is 0 Å². The molecule has 1 aliphatic rings. The normalized spacial score (nSPS) is 20.1. The summed E-state index contributed by atoms with van der Waals surface area (Å²) in [6.45, 7) is 8.32. The number of hydrogen-bond acceptors (Lipinski definition) is 4. The van der Waals surface area contributed by atoms with Crippen LogP contribution in [0.2, 0.25) is 5.02 Å². The van der Waals surface area contributed by atoms with E-state index in [1.807, 2.05) is 55.4 Å². The summed E-state index contributed by atoms with van der Waals surface area (Å²) >= 11 is 4.74. The minimum atomic E-state index is -1.21. The molecule has 1 heterocycles. The van der Waals surface area contributed by atoms with E-state index in [1.54, 1.807) is 6.92 Å². The van der Waals surface area contributed by atoms with E-state index in [0.29, 0.717) is 30.2 Å². The Morgan fingerprint density at radius 3 is 2.56 bits per heavy atom. The number of rotatable bonds is 5. The van der Waals surface area contributed by atoms with E-state index in [9.17, 15) is 9.35 Å². The Balaban J connectivity index is 2.22. The van der Waals surface area contributed by atoms with E-state index >= 15 is 0 Å². The van der Waals surface area contributed by atoms with E-state index in [0.717, 1.165) is 12.0 Å². The second kappa shape index (κ2) is 8.58. The highest BCUT2D eigenvalue weighted by Crippen LogP contribution is 2.30. The van der Waals surface area contributed by atoms with Gasteiger partial charge >= 0.3 is 5.97 Å². The fourth-order valence-electron chi connectivity index (χ4n) is 2.75. The minimum absolute atomic E-state index is 0.0689. The molecule has 2 atom stereocenters. The number of benzene rings is 1. The van der Waals surface area contributed by atoms with Gasteiger partial charge in [-0.15, -0.1) is 4.31 Å². The van der Waals surface area contributed by atoms with Crippen LogP contribution in [0.1, 0.15) is 39.7 Å². The maximum Gasteiger partial charge on any atom is 0.335 e. The first-order valence-corrected chi connectivity index (χ1v) is 10.00. The zero-order valence-electron chi connectivity index (χ0n) is 15.3. The third-order valence-electron chi connectivity index (χ3n) is 4.03.